The number of hydrogen-bond acceptors (Lipinski definition) is 3. The van der Waals surface area contributed by atoms with Crippen LogP contribution in [0.25, 0.3) is 0 Å². The van der Waals surface area contributed by atoms with Gasteiger partial charge in [-0.25, -0.2) is 0 Å². The van der Waals surface area contributed by atoms with E-state index in [4.69, 9.17) is 37.4 Å². The molecule has 0 radical (unpaired) electrons. The Hall–Kier alpha value is 0.200. The van der Waals surface area contributed by atoms with Gasteiger partial charge >= 0.3 is 0 Å². The maximum atomic E-state index is 5.96. The number of halogens is 2. The summed E-state index contributed by atoms with van der Waals surface area (Å²) < 4.78 is 17.3. The van der Waals surface area contributed by atoms with Crippen molar-refractivity contribution in [3.05, 3.63) is 12.2 Å². The Labute approximate surface area is 124 Å². The molecule has 1 heterocycles. The number of rotatable bonds is 6. The average Bonchev–Trinajstić information content (AvgIpc) is 3.13. The van der Waals surface area contributed by atoms with Crippen molar-refractivity contribution in [1.29, 1.82) is 0 Å². The van der Waals surface area contributed by atoms with E-state index in [-0.39, 0.29) is 17.8 Å². The van der Waals surface area contributed by atoms with Crippen molar-refractivity contribution in [2.45, 2.75) is 30.6 Å². The number of alkyl halides is 2. The summed E-state index contributed by atoms with van der Waals surface area (Å²) in [6.07, 6.45) is 7.13. The van der Waals surface area contributed by atoms with E-state index in [1.807, 2.05) is 0 Å². The van der Waals surface area contributed by atoms with Gasteiger partial charge in [0.25, 0.3) is 0 Å². The second kappa shape index (κ2) is 6.31. The first-order valence-corrected chi connectivity index (χ1v) is 7.96. The summed E-state index contributed by atoms with van der Waals surface area (Å²) in [6.45, 7) is 1.62. The summed E-state index contributed by atoms with van der Waals surface area (Å²) in [5.41, 5.74) is 0. The quantitative estimate of drug-likeness (QED) is 0.558. The van der Waals surface area contributed by atoms with E-state index in [1.165, 1.54) is 12.8 Å². The van der Waals surface area contributed by atoms with Crippen LogP contribution in [0.2, 0.25) is 0 Å². The first kappa shape index (κ1) is 14.2. The fourth-order valence-corrected chi connectivity index (χ4v) is 3.47. The molecule has 3 aliphatic rings. The van der Waals surface area contributed by atoms with Crippen molar-refractivity contribution in [3.8, 4) is 0 Å². The molecule has 0 spiro atoms. The Bertz CT molecular complexity index is 337. The van der Waals surface area contributed by atoms with Gasteiger partial charge in [-0.15, -0.1) is 23.2 Å². The number of hydrogen-bond donors (Lipinski definition) is 0. The normalized spacial score (nSPS) is 42.1. The first-order valence-electron chi connectivity index (χ1n) is 6.99. The van der Waals surface area contributed by atoms with Crippen LogP contribution >= 0.6 is 23.2 Å². The minimum atomic E-state index is -0.129. The maximum Gasteiger partial charge on any atom is 0.161 e. The summed E-state index contributed by atoms with van der Waals surface area (Å²) >= 11 is 11.5. The SMILES string of the molecule is ClCC(Cl)COCC1COC(C2CC3C=CC2C3)O1. The third-order valence-corrected chi connectivity index (χ3v) is 5.03. The molecule has 6 atom stereocenters. The lowest BCUT2D eigenvalue weighted by molar-refractivity contribution is -0.111. The molecule has 2 fully saturated rings. The molecule has 1 saturated carbocycles. The lowest BCUT2D eigenvalue weighted by atomic mass is 9.93. The van der Waals surface area contributed by atoms with Gasteiger partial charge in [0.05, 0.1) is 25.2 Å². The highest BCUT2D eigenvalue weighted by Gasteiger charge is 2.44. The molecule has 2 aliphatic carbocycles. The number of allylic oxidation sites excluding steroid dienone is 2. The van der Waals surface area contributed by atoms with Crippen LogP contribution in [-0.2, 0) is 14.2 Å². The Morgan fingerprint density at radius 3 is 2.89 bits per heavy atom. The van der Waals surface area contributed by atoms with E-state index in [0.717, 1.165) is 5.92 Å². The highest BCUT2D eigenvalue weighted by atomic mass is 35.5. The zero-order valence-electron chi connectivity index (χ0n) is 10.8. The monoisotopic (exact) mass is 306 g/mol. The molecular formula is C14H20Cl2O3. The molecule has 3 nitrogen and oxygen atoms in total. The van der Waals surface area contributed by atoms with E-state index in [2.05, 4.69) is 12.2 Å². The summed E-state index contributed by atoms with van der Waals surface area (Å²) in [6, 6.07) is 0. The van der Waals surface area contributed by atoms with E-state index >= 15 is 0 Å². The molecule has 0 aromatic heterocycles. The van der Waals surface area contributed by atoms with Gasteiger partial charge in [0, 0.05) is 11.8 Å². The van der Waals surface area contributed by atoms with Gasteiger partial charge < -0.3 is 14.2 Å². The fraction of sp³-hybridized carbons (Fsp3) is 0.857. The zero-order valence-corrected chi connectivity index (χ0v) is 12.4. The highest BCUT2D eigenvalue weighted by Crippen LogP contribution is 2.46. The second-order valence-electron chi connectivity index (χ2n) is 5.69. The van der Waals surface area contributed by atoms with Crippen molar-refractivity contribution in [2.75, 3.05) is 25.7 Å². The predicted molar refractivity (Wildman–Crippen MR) is 74.6 cm³/mol. The molecule has 2 bridgehead atoms. The second-order valence-corrected chi connectivity index (χ2v) is 6.62. The molecule has 5 heteroatoms. The van der Waals surface area contributed by atoms with E-state index in [9.17, 15) is 0 Å². The van der Waals surface area contributed by atoms with Crippen LogP contribution < -0.4 is 0 Å². The summed E-state index contributed by atoms with van der Waals surface area (Å²) in [4.78, 5) is 0. The highest BCUT2D eigenvalue weighted by molar-refractivity contribution is 6.28. The van der Waals surface area contributed by atoms with Crippen LogP contribution in [0.5, 0.6) is 0 Å². The topological polar surface area (TPSA) is 27.7 Å². The average molecular weight is 307 g/mol. The third-order valence-electron chi connectivity index (χ3n) is 4.22. The van der Waals surface area contributed by atoms with Crippen LogP contribution in [0.15, 0.2) is 12.2 Å². The molecule has 1 aliphatic heterocycles. The van der Waals surface area contributed by atoms with Crippen LogP contribution in [-0.4, -0.2) is 43.5 Å². The predicted octanol–water partition coefficient (Wildman–Crippen LogP) is 2.80. The van der Waals surface area contributed by atoms with Gasteiger partial charge in [0.1, 0.15) is 6.10 Å². The minimum absolute atomic E-state index is 0.0345. The Morgan fingerprint density at radius 2 is 2.21 bits per heavy atom. The molecule has 19 heavy (non-hydrogen) atoms. The maximum absolute atomic E-state index is 5.96. The summed E-state index contributed by atoms with van der Waals surface area (Å²) in [5.74, 6) is 2.34. The van der Waals surface area contributed by atoms with Gasteiger partial charge in [-0.3, -0.25) is 0 Å². The molecule has 0 aromatic rings. The van der Waals surface area contributed by atoms with Crippen molar-refractivity contribution in [1.82, 2.24) is 0 Å². The molecule has 3 rings (SSSR count). The molecule has 0 N–H and O–H groups in total. The van der Waals surface area contributed by atoms with Crippen molar-refractivity contribution in [3.63, 3.8) is 0 Å². The Kier molecular flexibility index (Phi) is 4.70. The fourth-order valence-electron chi connectivity index (χ4n) is 3.29. The third kappa shape index (κ3) is 3.27. The van der Waals surface area contributed by atoms with Crippen LogP contribution in [0, 0.1) is 17.8 Å². The number of fused-ring (bicyclic) bond motifs is 2. The van der Waals surface area contributed by atoms with E-state index in [0.29, 0.717) is 37.5 Å². The molecule has 1 saturated heterocycles. The minimum Gasteiger partial charge on any atom is -0.377 e. The van der Waals surface area contributed by atoms with Gasteiger partial charge in [0.2, 0.25) is 0 Å². The van der Waals surface area contributed by atoms with Crippen molar-refractivity contribution in [2.24, 2.45) is 17.8 Å². The molecule has 6 unspecified atom stereocenters. The summed E-state index contributed by atoms with van der Waals surface area (Å²) in [5, 5.41) is -0.129. The van der Waals surface area contributed by atoms with Gasteiger partial charge in [0.15, 0.2) is 6.29 Å². The zero-order chi connectivity index (χ0) is 13.2. The van der Waals surface area contributed by atoms with Crippen LogP contribution in [0.3, 0.4) is 0 Å². The van der Waals surface area contributed by atoms with Gasteiger partial charge in [-0.1, -0.05) is 12.2 Å². The molecular weight excluding hydrogens is 287 g/mol. The molecule has 0 amide bonds. The van der Waals surface area contributed by atoms with E-state index in [1.54, 1.807) is 0 Å². The largest absolute Gasteiger partial charge is 0.377 e. The lowest BCUT2D eigenvalue weighted by Gasteiger charge is -2.23. The Balaban J connectivity index is 1.40. The van der Waals surface area contributed by atoms with Crippen molar-refractivity contribution < 1.29 is 14.2 Å². The molecule has 108 valence electrons. The van der Waals surface area contributed by atoms with Gasteiger partial charge in [-0.05, 0) is 24.7 Å². The van der Waals surface area contributed by atoms with Crippen LogP contribution in [0.1, 0.15) is 12.8 Å². The van der Waals surface area contributed by atoms with Gasteiger partial charge in [-0.2, -0.15) is 0 Å². The first-order chi connectivity index (χ1) is 9.26. The van der Waals surface area contributed by atoms with Crippen molar-refractivity contribution >= 4 is 23.2 Å². The number of ether oxygens (including phenoxy) is 3. The summed E-state index contributed by atoms with van der Waals surface area (Å²) in [7, 11) is 0. The van der Waals surface area contributed by atoms with E-state index < -0.39 is 0 Å². The standard InChI is InChI=1S/C14H20Cl2O3/c15-5-11(16)6-17-7-12-8-18-14(19-12)13-4-9-1-2-10(13)3-9/h1-2,9-14H,3-8H2. The Morgan fingerprint density at radius 1 is 1.32 bits per heavy atom. The molecule has 0 aromatic carbocycles. The van der Waals surface area contributed by atoms with Crippen LogP contribution in [0.4, 0.5) is 0 Å². The lowest BCUT2D eigenvalue weighted by Crippen LogP contribution is -2.27. The smallest absolute Gasteiger partial charge is 0.161 e.